The molecule has 1 N–H and O–H groups in total. The number of carbonyl (C=O) groups excluding carboxylic acids is 1. The molecule has 1 aromatic rings. The van der Waals surface area contributed by atoms with Gasteiger partial charge < -0.3 is 9.47 Å². The van der Waals surface area contributed by atoms with Crippen molar-refractivity contribution >= 4 is 23.3 Å². The minimum absolute atomic E-state index is 0.184. The molecule has 1 amide bonds. The SMILES string of the molecule is CC.CCCCCOC(=O)Nc1nc(=O)n([C@@H]2O[C@H](C)[C@H]3OS(=O)O[C@H]32)cc1F. The molecule has 0 radical (unpaired) electrons. The van der Waals surface area contributed by atoms with Crippen molar-refractivity contribution in [2.45, 2.75) is 71.5 Å². The highest BCUT2D eigenvalue weighted by Crippen LogP contribution is 2.38. The molecule has 0 saturated carbocycles. The highest BCUT2D eigenvalue weighted by molar-refractivity contribution is 7.75. The zero-order valence-electron chi connectivity index (χ0n) is 16.8. The van der Waals surface area contributed by atoms with Gasteiger partial charge in [0.15, 0.2) is 24.0 Å². The Morgan fingerprint density at radius 2 is 2.03 bits per heavy atom. The van der Waals surface area contributed by atoms with Crippen LogP contribution in [0.3, 0.4) is 0 Å². The van der Waals surface area contributed by atoms with Crippen LogP contribution in [-0.2, 0) is 29.2 Å². The van der Waals surface area contributed by atoms with E-state index in [9.17, 15) is 18.2 Å². The quantitative estimate of drug-likeness (QED) is 0.677. The van der Waals surface area contributed by atoms with E-state index in [1.165, 1.54) is 0 Å². The van der Waals surface area contributed by atoms with E-state index >= 15 is 0 Å². The Morgan fingerprint density at radius 1 is 1.34 bits per heavy atom. The van der Waals surface area contributed by atoms with Gasteiger partial charge in [-0.05, 0) is 13.3 Å². The summed E-state index contributed by atoms with van der Waals surface area (Å²) in [6, 6.07) is 0. The number of anilines is 1. The minimum Gasteiger partial charge on any atom is -0.449 e. The fourth-order valence-electron chi connectivity index (χ4n) is 2.83. The van der Waals surface area contributed by atoms with Gasteiger partial charge >= 0.3 is 23.1 Å². The molecular weight excluding hydrogens is 409 g/mol. The molecule has 0 bridgehead atoms. The van der Waals surface area contributed by atoms with Gasteiger partial charge in [0, 0.05) is 0 Å². The van der Waals surface area contributed by atoms with Crippen LogP contribution in [0.1, 0.15) is 53.2 Å². The molecule has 0 aliphatic carbocycles. The number of hydrogen-bond donors (Lipinski definition) is 1. The third kappa shape index (κ3) is 5.59. The van der Waals surface area contributed by atoms with Crippen molar-refractivity contribution < 1.29 is 31.2 Å². The van der Waals surface area contributed by atoms with E-state index in [1.807, 2.05) is 20.8 Å². The second-order valence-corrected chi connectivity index (χ2v) is 6.95. The monoisotopic (exact) mass is 435 g/mol. The number of nitrogens with zero attached hydrogens (tertiary/aromatic N) is 2. The zero-order valence-corrected chi connectivity index (χ0v) is 17.6. The van der Waals surface area contributed by atoms with E-state index in [4.69, 9.17) is 17.8 Å². The van der Waals surface area contributed by atoms with Gasteiger partial charge in [-0.15, -0.1) is 0 Å². The van der Waals surface area contributed by atoms with Crippen LogP contribution in [0, 0.1) is 5.82 Å². The number of aromatic nitrogens is 2. The summed E-state index contributed by atoms with van der Waals surface area (Å²) in [6.45, 7) is 7.85. The first kappa shape index (κ1) is 23.4. The summed E-state index contributed by atoms with van der Waals surface area (Å²) >= 11 is -1.96. The predicted molar refractivity (Wildman–Crippen MR) is 102 cm³/mol. The Kier molecular flexibility index (Phi) is 8.68. The Labute approximate surface area is 170 Å². The largest absolute Gasteiger partial charge is 0.449 e. The maximum Gasteiger partial charge on any atom is 0.412 e. The highest BCUT2D eigenvalue weighted by atomic mass is 32.2. The van der Waals surface area contributed by atoms with Crippen LogP contribution in [0.15, 0.2) is 11.0 Å². The van der Waals surface area contributed by atoms with Crippen LogP contribution < -0.4 is 11.0 Å². The number of nitrogens with one attached hydrogen (secondary N) is 1. The zero-order chi connectivity index (χ0) is 21.6. The van der Waals surface area contributed by atoms with Crippen molar-refractivity contribution in [3.8, 4) is 0 Å². The summed E-state index contributed by atoms with van der Waals surface area (Å²) in [5.74, 6) is -1.51. The van der Waals surface area contributed by atoms with Crippen LogP contribution in [0.4, 0.5) is 15.0 Å². The lowest BCUT2D eigenvalue weighted by Gasteiger charge is -2.18. The molecule has 2 aliphatic heterocycles. The van der Waals surface area contributed by atoms with E-state index in [0.29, 0.717) is 6.42 Å². The molecule has 12 heteroatoms. The third-order valence-corrected chi connectivity index (χ3v) is 4.94. The van der Waals surface area contributed by atoms with Crippen LogP contribution >= 0.6 is 0 Å². The van der Waals surface area contributed by atoms with Gasteiger partial charge in [0.2, 0.25) is 0 Å². The first-order chi connectivity index (χ1) is 13.9. The lowest BCUT2D eigenvalue weighted by Crippen LogP contribution is -2.35. The number of rotatable bonds is 6. The average molecular weight is 435 g/mol. The Bertz CT molecular complexity index is 791. The lowest BCUT2D eigenvalue weighted by atomic mass is 10.1. The summed E-state index contributed by atoms with van der Waals surface area (Å²) in [5.41, 5.74) is -0.878. The Morgan fingerprint density at radius 3 is 2.72 bits per heavy atom. The van der Waals surface area contributed by atoms with Gasteiger partial charge in [-0.1, -0.05) is 33.6 Å². The van der Waals surface area contributed by atoms with E-state index in [0.717, 1.165) is 23.6 Å². The number of halogens is 1. The molecule has 2 saturated heterocycles. The fraction of sp³-hybridized carbons (Fsp3) is 0.706. The molecule has 3 rings (SSSR count). The molecule has 29 heavy (non-hydrogen) atoms. The molecule has 5 atom stereocenters. The van der Waals surface area contributed by atoms with Crippen molar-refractivity contribution in [2.75, 3.05) is 11.9 Å². The highest BCUT2D eigenvalue weighted by Gasteiger charge is 2.52. The average Bonchev–Trinajstić information content (AvgIpc) is 3.21. The van der Waals surface area contributed by atoms with Crippen LogP contribution in [0.2, 0.25) is 0 Å². The van der Waals surface area contributed by atoms with Gasteiger partial charge in [-0.2, -0.15) is 9.19 Å². The van der Waals surface area contributed by atoms with Crippen LogP contribution in [0.25, 0.3) is 0 Å². The van der Waals surface area contributed by atoms with E-state index in [-0.39, 0.29) is 6.61 Å². The molecule has 3 heterocycles. The molecule has 164 valence electrons. The molecule has 0 aromatic carbocycles. The van der Waals surface area contributed by atoms with Gasteiger partial charge in [-0.25, -0.2) is 14.0 Å². The molecule has 0 spiro atoms. The van der Waals surface area contributed by atoms with Crippen molar-refractivity contribution in [1.29, 1.82) is 0 Å². The minimum atomic E-state index is -1.96. The van der Waals surface area contributed by atoms with Gasteiger partial charge in [0.25, 0.3) is 0 Å². The number of carbonyl (C=O) groups is 1. The van der Waals surface area contributed by atoms with E-state index in [2.05, 4.69) is 10.3 Å². The molecule has 10 nitrogen and oxygen atoms in total. The Balaban J connectivity index is 0.00000145. The molecule has 2 fully saturated rings. The predicted octanol–water partition coefficient (Wildman–Crippen LogP) is 2.43. The Hall–Kier alpha value is -1.89. The van der Waals surface area contributed by atoms with Crippen molar-refractivity contribution in [3.05, 3.63) is 22.5 Å². The summed E-state index contributed by atoms with van der Waals surface area (Å²) in [6.07, 6.45) is -0.581. The summed E-state index contributed by atoms with van der Waals surface area (Å²) < 4.78 is 47.2. The summed E-state index contributed by atoms with van der Waals surface area (Å²) in [4.78, 5) is 27.5. The van der Waals surface area contributed by atoms with Crippen molar-refractivity contribution in [3.63, 3.8) is 0 Å². The third-order valence-electron chi connectivity index (χ3n) is 4.18. The maximum atomic E-state index is 14.3. The number of fused-ring (bicyclic) bond motifs is 1. The first-order valence-corrected chi connectivity index (χ1v) is 10.5. The smallest absolute Gasteiger partial charge is 0.412 e. The fourth-order valence-corrected chi connectivity index (χ4v) is 3.71. The number of unbranched alkanes of at least 4 members (excludes halogenated alkanes) is 2. The molecule has 1 aromatic heterocycles. The van der Waals surface area contributed by atoms with Crippen molar-refractivity contribution in [2.24, 2.45) is 0 Å². The molecule has 2 aliphatic rings. The summed E-state index contributed by atoms with van der Waals surface area (Å²) in [7, 11) is 0. The maximum absolute atomic E-state index is 14.3. The van der Waals surface area contributed by atoms with Gasteiger partial charge in [0.1, 0.15) is 6.10 Å². The van der Waals surface area contributed by atoms with E-state index in [1.54, 1.807) is 6.92 Å². The molecular formula is C17H26FN3O7S. The van der Waals surface area contributed by atoms with Gasteiger partial charge in [0.05, 0.1) is 18.9 Å². The van der Waals surface area contributed by atoms with E-state index < -0.39 is 59.3 Å². The van der Waals surface area contributed by atoms with Crippen LogP contribution in [-0.4, -0.2) is 44.8 Å². The summed E-state index contributed by atoms with van der Waals surface area (Å²) in [5, 5.41) is 2.10. The second kappa shape index (κ2) is 10.8. The van der Waals surface area contributed by atoms with Gasteiger partial charge in [-0.3, -0.25) is 18.3 Å². The van der Waals surface area contributed by atoms with Crippen LogP contribution in [0.5, 0.6) is 0 Å². The number of ether oxygens (including phenoxy) is 2. The number of hydrogen-bond acceptors (Lipinski definition) is 8. The van der Waals surface area contributed by atoms with Crippen molar-refractivity contribution in [1.82, 2.24) is 9.55 Å². The first-order valence-electron chi connectivity index (χ1n) is 9.54. The topological polar surface area (TPSA) is 118 Å². The second-order valence-electron chi connectivity index (χ2n) is 6.15. The normalized spacial score (nSPS) is 27.7. The molecule has 1 unspecified atom stereocenters. The standard InChI is InChI=1S/C15H20FN3O7S.C2H6/c1-3-4-5-6-23-15(21)18-12-9(16)7-19(14(20)17-12)13-11-10(8(2)24-13)25-27(22)26-11;1-2/h7-8,10-11,13H,3-6H2,1-2H3,(H,17,18,20,21);1-2H3/t8-,10-,11-,13-,27?;/m1./s1. The lowest BCUT2D eigenvalue weighted by molar-refractivity contribution is -0.0311. The number of amides is 1.